The molecule has 4 aromatic rings. The molecule has 5 rings (SSSR count). The second-order valence-electron chi connectivity index (χ2n) is 6.98. The Morgan fingerprint density at radius 3 is 1.69 bits per heavy atom. The Bertz CT molecular complexity index is 1060. The van der Waals surface area contributed by atoms with Gasteiger partial charge in [0.2, 0.25) is 0 Å². The molecule has 1 heterocycles. The first kappa shape index (κ1) is 15.3. The number of nitrogens with zero attached hydrogens (tertiary/aromatic N) is 1. The summed E-state index contributed by atoms with van der Waals surface area (Å²) in [5, 5.41) is 5.09. The molecule has 1 aliphatic heterocycles. The smallest absolute Gasteiger partial charge is 0.134 e. The van der Waals surface area contributed by atoms with E-state index >= 15 is 0 Å². The van der Waals surface area contributed by atoms with E-state index in [-0.39, 0.29) is 0 Å². The largest absolute Gasteiger partial charge is 0.302 e. The normalized spacial score (nSPS) is 14.0. The van der Waals surface area contributed by atoms with Gasteiger partial charge in [-0.2, -0.15) is 0 Å². The Kier molecular flexibility index (Phi) is 3.58. The minimum atomic E-state index is 0.457. The number of hydrogen-bond donors (Lipinski definition) is 0. The molecule has 1 aliphatic rings. The molecule has 4 aromatic carbocycles. The van der Waals surface area contributed by atoms with Gasteiger partial charge < -0.3 is 4.79 Å². The minimum absolute atomic E-state index is 0.457. The van der Waals surface area contributed by atoms with Crippen LogP contribution in [0.4, 0.5) is 0 Å². The first-order valence-electron chi connectivity index (χ1n) is 9.03. The van der Waals surface area contributed by atoms with Crippen LogP contribution in [0, 0.1) is 0 Å². The summed E-state index contributed by atoms with van der Waals surface area (Å²) in [6, 6.07) is 26.0. The van der Waals surface area contributed by atoms with E-state index in [1.54, 1.807) is 0 Å². The lowest BCUT2D eigenvalue weighted by Gasteiger charge is -2.17. The Hall–Kier alpha value is -2.97. The van der Waals surface area contributed by atoms with E-state index in [1.807, 2.05) is 0 Å². The molecule has 0 saturated heterocycles. The molecule has 0 radical (unpaired) electrons. The van der Waals surface area contributed by atoms with Gasteiger partial charge in [-0.15, -0.1) is 0 Å². The van der Waals surface area contributed by atoms with Gasteiger partial charge in [-0.05, 0) is 43.8 Å². The zero-order chi connectivity index (χ0) is 17.5. The fourth-order valence-electron chi connectivity index (χ4n) is 4.26. The summed E-state index contributed by atoms with van der Waals surface area (Å²) in [4.78, 5) is 13.4. The van der Waals surface area contributed by atoms with Gasteiger partial charge in [-0.1, -0.05) is 72.8 Å². The number of fused-ring (bicyclic) bond motifs is 7. The SMILES string of the molecule is O=CCN1Cc2ccc3ccccc3c2-c2c(ccc3ccccc23)C1. The maximum atomic E-state index is 11.2. The van der Waals surface area contributed by atoms with E-state index in [2.05, 4.69) is 77.7 Å². The number of carbonyl (C=O) groups is 1. The summed E-state index contributed by atoms with van der Waals surface area (Å²) < 4.78 is 0. The lowest BCUT2D eigenvalue weighted by atomic mass is 9.88. The van der Waals surface area contributed by atoms with Crippen LogP contribution in [-0.4, -0.2) is 17.7 Å². The van der Waals surface area contributed by atoms with Gasteiger partial charge in [0.25, 0.3) is 0 Å². The molecule has 2 heteroatoms. The highest BCUT2D eigenvalue weighted by Gasteiger charge is 2.22. The average Bonchev–Trinajstić information content (AvgIpc) is 2.84. The van der Waals surface area contributed by atoms with Gasteiger partial charge in [0.15, 0.2) is 0 Å². The van der Waals surface area contributed by atoms with Crippen LogP contribution in [0.25, 0.3) is 32.7 Å². The summed E-state index contributed by atoms with van der Waals surface area (Å²) in [5.41, 5.74) is 5.23. The third-order valence-corrected chi connectivity index (χ3v) is 5.40. The molecule has 0 spiro atoms. The van der Waals surface area contributed by atoms with Crippen LogP contribution in [0.15, 0.2) is 72.8 Å². The quantitative estimate of drug-likeness (QED) is 0.470. The van der Waals surface area contributed by atoms with Gasteiger partial charge in [0.05, 0.1) is 6.54 Å². The van der Waals surface area contributed by atoms with Crippen molar-refractivity contribution < 1.29 is 4.79 Å². The highest BCUT2D eigenvalue weighted by molar-refractivity contribution is 6.08. The van der Waals surface area contributed by atoms with Gasteiger partial charge >= 0.3 is 0 Å². The molecule has 0 aromatic heterocycles. The maximum Gasteiger partial charge on any atom is 0.134 e. The molecule has 0 aliphatic carbocycles. The maximum absolute atomic E-state index is 11.2. The van der Waals surface area contributed by atoms with E-state index in [4.69, 9.17) is 0 Å². The molecule has 0 unspecified atom stereocenters. The van der Waals surface area contributed by atoms with Gasteiger partial charge in [-0.25, -0.2) is 0 Å². The Balaban J connectivity index is 1.92. The van der Waals surface area contributed by atoms with E-state index in [1.165, 1.54) is 43.8 Å². The van der Waals surface area contributed by atoms with Crippen LogP contribution < -0.4 is 0 Å². The lowest BCUT2D eigenvalue weighted by molar-refractivity contribution is -0.109. The second-order valence-corrected chi connectivity index (χ2v) is 6.98. The zero-order valence-corrected chi connectivity index (χ0v) is 14.5. The molecule has 0 fully saturated rings. The summed E-state index contributed by atoms with van der Waals surface area (Å²) in [6.07, 6.45) is 1.01. The average molecular weight is 337 g/mol. The van der Waals surface area contributed by atoms with E-state index in [0.717, 1.165) is 19.4 Å². The van der Waals surface area contributed by atoms with Crippen molar-refractivity contribution in [1.29, 1.82) is 0 Å². The number of hydrogen-bond acceptors (Lipinski definition) is 2. The number of carbonyl (C=O) groups excluding carboxylic acids is 1. The number of aldehydes is 1. The van der Waals surface area contributed by atoms with Crippen molar-refractivity contribution >= 4 is 27.8 Å². The van der Waals surface area contributed by atoms with Crippen LogP contribution in [0.2, 0.25) is 0 Å². The van der Waals surface area contributed by atoms with Gasteiger partial charge in [0.1, 0.15) is 6.29 Å². The van der Waals surface area contributed by atoms with Crippen LogP contribution in [0.5, 0.6) is 0 Å². The molecule has 126 valence electrons. The van der Waals surface area contributed by atoms with Crippen LogP contribution in [0.1, 0.15) is 11.1 Å². The van der Waals surface area contributed by atoms with Crippen LogP contribution in [0.3, 0.4) is 0 Å². The predicted octanol–water partition coefficient (Wildman–Crippen LogP) is 5.17. The van der Waals surface area contributed by atoms with Crippen LogP contribution >= 0.6 is 0 Å². The van der Waals surface area contributed by atoms with Crippen molar-refractivity contribution in [2.45, 2.75) is 13.1 Å². The molecule has 26 heavy (non-hydrogen) atoms. The van der Waals surface area contributed by atoms with Crippen molar-refractivity contribution in [3.8, 4) is 11.1 Å². The summed E-state index contributed by atoms with van der Waals surface area (Å²) in [5.74, 6) is 0. The topological polar surface area (TPSA) is 20.3 Å². The fourth-order valence-corrected chi connectivity index (χ4v) is 4.26. The first-order valence-corrected chi connectivity index (χ1v) is 9.03. The third-order valence-electron chi connectivity index (χ3n) is 5.40. The molecular weight excluding hydrogens is 318 g/mol. The zero-order valence-electron chi connectivity index (χ0n) is 14.5. The molecular formula is C24H19NO. The molecule has 0 atom stereocenters. The van der Waals surface area contributed by atoms with Crippen molar-refractivity contribution in [2.75, 3.05) is 6.54 Å². The highest BCUT2D eigenvalue weighted by atomic mass is 16.1. The third kappa shape index (κ3) is 2.34. The first-order chi connectivity index (χ1) is 12.8. The number of rotatable bonds is 2. The minimum Gasteiger partial charge on any atom is -0.302 e. The van der Waals surface area contributed by atoms with E-state index in [0.29, 0.717) is 6.54 Å². The Morgan fingerprint density at radius 2 is 1.19 bits per heavy atom. The summed E-state index contributed by atoms with van der Waals surface area (Å²) in [6.45, 7) is 2.04. The number of benzene rings is 4. The van der Waals surface area contributed by atoms with E-state index < -0.39 is 0 Å². The predicted molar refractivity (Wildman–Crippen MR) is 107 cm³/mol. The van der Waals surface area contributed by atoms with Crippen molar-refractivity contribution in [3.63, 3.8) is 0 Å². The molecule has 0 saturated carbocycles. The Morgan fingerprint density at radius 1 is 0.692 bits per heavy atom. The van der Waals surface area contributed by atoms with Gasteiger partial charge in [-0.3, -0.25) is 4.90 Å². The molecule has 2 nitrogen and oxygen atoms in total. The second kappa shape index (κ2) is 6.08. The van der Waals surface area contributed by atoms with Gasteiger partial charge in [0, 0.05) is 13.1 Å². The summed E-state index contributed by atoms with van der Waals surface area (Å²) >= 11 is 0. The fraction of sp³-hybridized carbons (Fsp3) is 0.125. The molecule has 0 amide bonds. The van der Waals surface area contributed by atoms with E-state index in [9.17, 15) is 4.79 Å². The van der Waals surface area contributed by atoms with Crippen molar-refractivity contribution in [1.82, 2.24) is 4.90 Å². The highest BCUT2D eigenvalue weighted by Crippen LogP contribution is 2.41. The van der Waals surface area contributed by atoms with Crippen LogP contribution in [-0.2, 0) is 17.9 Å². The standard InChI is InChI=1S/C24H19NO/c26-14-13-25-15-19-11-9-17-5-1-3-7-21(17)23(19)24-20(16-25)12-10-18-6-2-4-8-22(18)24/h1-12,14H,13,15-16H2. The van der Waals surface area contributed by atoms with Crippen molar-refractivity contribution in [2.24, 2.45) is 0 Å². The monoisotopic (exact) mass is 337 g/mol. The van der Waals surface area contributed by atoms with Crippen molar-refractivity contribution in [3.05, 3.63) is 83.9 Å². The lowest BCUT2D eigenvalue weighted by Crippen LogP contribution is -2.23. The molecule has 0 N–H and O–H groups in total. The summed E-state index contributed by atoms with van der Waals surface area (Å²) in [7, 11) is 0. The molecule has 0 bridgehead atoms. The Labute approximate surface area is 152 Å².